The molecule has 1 unspecified atom stereocenters. The van der Waals surface area contributed by atoms with Crippen LogP contribution in [0.5, 0.6) is 0 Å². The average molecular weight is 311 g/mol. The standard InChI is InChI=1S/C20H25NO2/c1-23-20(22)19(21)11-7-2-4-8-16-12-14-18(15-13-16)17-9-5-3-6-10-17/h3,5-6,9-10,12-15,19H,2,4,7-8,11,21H2,1H3. The van der Waals surface area contributed by atoms with Crippen molar-refractivity contribution in [2.45, 2.75) is 38.1 Å². The first kappa shape index (κ1) is 17.2. The van der Waals surface area contributed by atoms with Gasteiger partial charge in [-0.2, -0.15) is 0 Å². The van der Waals surface area contributed by atoms with Gasteiger partial charge in [0.1, 0.15) is 6.04 Å². The number of nitrogens with two attached hydrogens (primary N) is 1. The first-order valence-corrected chi connectivity index (χ1v) is 8.18. The molecule has 0 radical (unpaired) electrons. The van der Waals surface area contributed by atoms with Crippen molar-refractivity contribution >= 4 is 5.97 Å². The third-order valence-corrected chi connectivity index (χ3v) is 4.05. The van der Waals surface area contributed by atoms with E-state index in [1.165, 1.54) is 23.8 Å². The first-order valence-electron chi connectivity index (χ1n) is 8.18. The van der Waals surface area contributed by atoms with Crippen LogP contribution in [0.25, 0.3) is 11.1 Å². The molecule has 2 aromatic rings. The highest BCUT2D eigenvalue weighted by atomic mass is 16.5. The molecule has 3 heteroatoms. The SMILES string of the molecule is COC(=O)C(N)CCCCCc1ccc(-c2ccccc2)cc1. The molecule has 0 saturated heterocycles. The van der Waals surface area contributed by atoms with Crippen LogP contribution in [-0.4, -0.2) is 19.1 Å². The molecular weight excluding hydrogens is 286 g/mol. The van der Waals surface area contributed by atoms with E-state index >= 15 is 0 Å². The first-order chi connectivity index (χ1) is 11.2. The third-order valence-electron chi connectivity index (χ3n) is 4.05. The van der Waals surface area contributed by atoms with E-state index in [0.29, 0.717) is 6.42 Å². The lowest BCUT2D eigenvalue weighted by molar-refractivity contribution is -0.142. The number of rotatable bonds is 8. The third kappa shape index (κ3) is 5.53. The smallest absolute Gasteiger partial charge is 0.322 e. The van der Waals surface area contributed by atoms with Gasteiger partial charge < -0.3 is 10.5 Å². The van der Waals surface area contributed by atoms with Crippen molar-refractivity contribution in [1.29, 1.82) is 0 Å². The van der Waals surface area contributed by atoms with Crippen molar-refractivity contribution < 1.29 is 9.53 Å². The van der Waals surface area contributed by atoms with Crippen LogP contribution in [-0.2, 0) is 16.0 Å². The average Bonchev–Trinajstić information content (AvgIpc) is 2.61. The quantitative estimate of drug-likeness (QED) is 0.593. The molecular formula is C20H25NO2. The number of methoxy groups -OCH3 is 1. The van der Waals surface area contributed by atoms with Gasteiger partial charge in [0, 0.05) is 0 Å². The summed E-state index contributed by atoms with van der Waals surface area (Å²) in [5, 5.41) is 0. The summed E-state index contributed by atoms with van der Waals surface area (Å²) in [6.07, 6.45) is 4.89. The van der Waals surface area contributed by atoms with Crippen molar-refractivity contribution in [2.75, 3.05) is 7.11 Å². The predicted octanol–water partition coefficient (Wildman–Crippen LogP) is 3.96. The Balaban J connectivity index is 1.72. The van der Waals surface area contributed by atoms with Gasteiger partial charge in [0.25, 0.3) is 0 Å². The zero-order valence-electron chi connectivity index (χ0n) is 13.7. The van der Waals surface area contributed by atoms with Crippen LogP contribution >= 0.6 is 0 Å². The van der Waals surface area contributed by atoms with Crippen LogP contribution in [0.4, 0.5) is 0 Å². The monoisotopic (exact) mass is 311 g/mol. The van der Waals surface area contributed by atoms with E-state index in [4.69, 9.17) is 5.73 Å². The highest BCUT2D eigenvalue weighted by Crippen LogP contribution is 2.20. The molecule has 0 aliphatic heterocycles. The number of carbonyl (C=O) groups is 1. The van der Waals surface area contributed by atoms with Gasteiger partial charge in [-0.3, -0.25) is 4.79 Å². The molecule has 0 heterocycles. The lowest BCUT2D eigenvalue weighted by atomic mass is 10.0. The Kier molecular flexibility index (Phi) is 6.82. The topological polar surface area (TPSA) is 52.3 Å². The Bertz CT molecular complexity index is 593. The zero-order valence-corrected chi connectivity index (χ0v) is 13.7. The second kappa shape index (κ2) is 9.11. The van der Waals surface area contributed by atoms with E-state index in [0.717, 1.165) is 25.7 Å². The number of carbonyl (C=O) groups excluding carboxylic acids is 1. The molecule has 0 bridgehead atoms. The van der Waals surface area contributed by atoms with Crippen LogP contribution in [0.3, 0.4) is 0 Å². The number of hydrogen-bond acceptors (Lipinski definition) is 3. The second-order valence-electron chi connectivity index (χ2n) is 5.79. The lowest BCUT2D eigenvalue weighted by Crippen LogP contribution is -2.31. The van der Waals surface area contributed by atoms with Crippen LogP contribution < -0.4 is 5.73 Å². The lowest BCUT2D eigenvalue weighted by Gasteiger charge is -2.08. The number of ether oxygens (including phenoxy) is 1. The highest BCUT2D eigenvalue weighted by molar-refractivity contribution is 5.75. The number of benzene rings is 2. The second-order valence-corrected chi connectivity index (χ2v) is 5.79. The molecule has 0 aliphatic carbocycles. The minimum atomic E-state index is -0.481. The molecule has 0 aromatic heterocycles. The summed E-state index contributed by atoms with van der Waals surface area (Å²) in [6.45, 7) is 0. The Hall–Kier alpha value is -2.13. The molecule has 0 spiro atoms. The Morgan fingerprint density at radius 3 is 2.26 bits per heavy atom. The Morgan fingerprint density at radius 1 is 0.957 bits per heavy atom. The van der Waals surface area contributed by atoms with E-state index in [2.05, 4.69) is 53.3 Å². The van der Waals surface area contributed by atoms with Crippen LogP contribution in [0, 0.1) is 0 Å². The van der Waals surface area contributed by atoms with Gasteiger partial charge >= 0.3 is 5.97 Å². The fourth-order valence-electron chi connectivity index (χ4n) is 2.63. The normalized spacial score (nSPS) is 11.9. The largest absolute Gasteiger partial charge is 0.468 e. The fraction of sp³-hybridized carbons (Fsp3) is 0.350. The van der Waals surface area contributed by atoms with E-state index in [9.17, 15) is 4.79 Å². The van der Waals surface area contributed by atoms with Crippen LogP contribution in [0.15, 0.2) is 54.6 Å². The predicted molar refractivity (Wildman–Crippen MR) is 94.0 cm³/mol. The van der Waals surface area contributed by atoms with Crippen molar-refractivity contribution in [3.05, 3.63) is 60.2 Å². The molecule has 2 aromatic carbocycles. The molecule has 0 fully saturated rings. The Labute approximate surface area is 138 Å². The van der Waals surface area contributed by atoms with Crippen LogP contribution in [0.2, 0.25) is 0 Å². The maximum absolute atomic E-state index is 11.2. The van der Waals surface area contributed by atoms with Gasteiger partial charge in [-0.1, -0.05) is 67.4 Å². The number of aryl methyl sites for hydroxylation is 1. The van der Waals surface area contributed by atoms with Gasteiger partial charge in [-0.25, -0.2) is 0 Å². The minimum absolute atomic E-state index is 0.318. The maximum Gasteiger partial charge on any atom is 0.322 e. The van der Waals surface area contributed by atoms with Gasteiger partial charge in [-0.05, 0) is 36.0 Å². The summed E-state index contributed by atoms with van der Waals surface area (Å²) in [5.74, 6) is -0.318. The summed E-state index contributed by atoms with van der Waals surface area (Å²) in [5.41, 5.74) is 9.56. The van der Waals surface area contributed by atoms with Gasteiger partial charge in [0.05, 0.1) is 7.11 Å². The molecule has 2 rings (SSSR count). The summed E-state index contributed by atoms with van der Waals surface area (Å²) < 4.78 is 4.62. The molecule has 122 valence electrons. The van der Waals surface area contributed by atoms with Crippen LogP contribution in [0.1, 0.15) is 31.2 Å². The molecule has 3 nitrogen and oxygen atoms in total. The number of esters is 1. The number of hydrogen-bond donors (Lipinski definition) is 1. The molecule has 1 atom stereocenters. The molecule has 2 N–H and O–H groups in total. The molecule has 23 heavy (non-hydrogen) atoms. The van der Waals surface area contributed by atoms with Crippen molar-refractivity contribution in [1.82, 2.24) is 0 Å². The van der Waals surface area contributed by atoms with Gasteiger partial charge in [-0.15, -0.1) is 0 Å². The maximum atomic E-state index is 11.2. The zero-order chi connectivity index (χ0) is 16.5. The number of unbranched alkanes of at least 4 members (excludes halogenated alkanes) is 2. The Morgan fingerprint density at radius 2 is 1.61 bits per heavy atom. The summed E-state index contributed by atoms with van der Waals surface area (Å²) in [7, 11) is 1.38. The molecule has 0 saturated carbocycles. The molecule has 0 aliphatic rings. The van der Waals surface area contributed by atoms with Crippen molar-refractivity contribution in [3.8, 4) is 11.1 Å². The van der Waals surface area contributed by atoms with E-state index < -0.39 is 6.04 Å². The van der Waals surface area contributed by atoms with Gasteiger partial charge in [0.15, 0.2) is 0 Å². The van der Waals surface area contributed by atoms with Crippen molar-refractivity contribution in [3.63, 3.8) is 0 Å². The highest BCUT2D eigenvalue weighted by Gasteiger charge is 2.12. The van der Waals surface area contributed by atoms with E-state index in [1.807, 2.05) is 6.07 Å². The summed E-state index contributed by atoms with van der Waals surface area (Å²) in [6, 6.07) is 18.7. The summed E-state index contributed by atoms with van der Waals surface area (Å²) >= 11 is 0. The molecule has 0 amide bonds. The van der Waals surface area contributed by atoms with Gasteiger partial charge in [0.2, 0.25) is 0 Å². The fourth-order valence-corrected chi connectivity index (χ4v) is 2.63. The summed E-state index contributed by atoms with van der Waals surface area (Å²) in [4.78, 5) is 11.2. The van der Waals surface area contributed by atoms with Crippen molar-refractivity contribution in [2.24, 2.45) is 5.73 Å². The minimum Gasteiger partial charge on any atom is -0.468 e. The van der Waals surface area contributed by atoms with E-state index in [-0.39, 0.29) is 5.97 Å². The van der Waals surface area contributed by atoms with E-state index in [1.54, 1.807) is 0 Å².